The largest absolute Gasteiger partial charge is 0.416 e. The van der Waals surface area contributed by atoms with Crippen LogP contribution in [0.15, 0.2) is 36.5 Å². The third-order valence-electron chi connectivity index (χ3n) is 3.76. The first-order valence-electron chi connectivity index (χ1n) is 8.34. The Morgan fingerprint density at radius 2 is 1.84 bits per heavy atom. The Bertz CT molecular complexity index is 704. The Labute approximate surface area is 145 Å². The van der Waals surface area contributed by atoms with E-state index in [1.54, 1.807) is 23.2 Å². The number of benzene rings is 1. The van der Waals surface area contributed by atoms with Crippen molar-refractivity contribution >= 4 is 5.91 Å². The Kier molecular flexibility index (Phi) is 6.22. The molecule has 1 amide bonds. The lowest BCUT2D eigenvalue weighted by Crippen LogP contribution is -2.35. The number of carbonyl (C=O) groups excluding carboxylic acids is 1. The number of alkyl halides is 3. The summed E-state index contributed by atoms with van der Waals surface area (Å²) in [4.78, 5) is 14.1. The van der Waals surface area contributed by atoms with E-state index in [2.05, 4.69) is 5.10 Å². The molecular weight excluding hydrogens is 331 g/mol. The van der Waals surface area contributed by atoms with Gasteiger partial charge >= 0.3 is 6.18 Å². The van der Waals surface area contributed by atoms with Crippen LogP contribution in [0.3, 0.4) is 0 Å². The monoisotopic (exact) mass is 353 g/mol. The Morgan fingerprint density at radius 3 is 2.44 bits per heavy atom. The van der Waals surface area contributed by atoms with E-state index in [0.29, 0.717) is 24.3 Å². The van der Waals surface area contributed by atoms with Gasteiger partial charge in [0.1, 0.15) is 6.54 Å². The van der Waals surface area contributed by atoms with E-state index in [0.717, 1.165) is 25.0 Å². The molecule has 0 aliphatic rings. The van der Waals surface area contributed by atoms with Crippen LogP contribution in [0.4, 0.5) is 13.2 Å². The van der Waals surface area contributed by atoms with Crippen molar-refractivity contribution in [1.82, 2.24) is 14.7 Å². The number of aromatic nitrogens is 2. The van der Waals surface area contributed by atoms with Gasteiger partial charge in [0.15, 0.2) is 0 Å². The lowest BCUT2D eigenvalue weighted by molar-refractivity contribution is -0.137. The third kappa shape index (κ3) is 5.08. The number of halogens is 3. The first kappa shape index (κ1) is 19.0. The van der Waals surface area contributed by atoms with Crippen LogP contribution in [-0.4, -0.2) is 33.7 Å². The Balaban J connectivity index is 2.13. The van der Waals surface area contributed by atoms with Crippen molar-refractivity contribution in [1.29, 1.82) is 0 Å². The molecule has 0 atom stereocenters. The fourth-order valence-corrected chi connectivity index (χ4v) is 2.60. The van der Waals surface area contributed by atoms with E-state index in [1.807, 2.05) is 13.8 Å². The maximum absolute atomic E-state index is 12.8. The van der Waals surface area contributed by atoms with Crippen LogP contribution in [0.25, 0.3) is 11.3 Å². The molecule has 136 valence electrons. The van der Waals surface area contributed by atoms with Crippen molar-refractivity contribution in [2.75, 3.05) is 13.1 Å². The van der Waals surface area contributed by atoms with Gasteiger partial charge in [-0.25, -0.2) is 0 Å². The third-order valence-corrected chi connectivity index (χ3v) is 3.76. The van der Waals surface area contributed by atoms with Crippen molar-refractivity contribution in [2.24, 2.45) is 0 Å². The topological polar surface area (TPSA) is 38.1 Å². The zero-order valence-corrected chi connectivity index (χ0v) is 14.4. The van der Waals surface area contributed by atoms with Crippen LogP contribution in [0.1, 0.15) is 32.3 Å². The predicted molar refractivity (Wildman–Crippen MR) is 89.8 cm³/mol. The SMILES string of the molecule is CCCN(CCC)C(=O)Cn1ccc(-c2cccc(C(F)(F)F)c2)n1. The molecule has 0 aliphatic carbocycles. The molecular formula is C18H22F3N3O. The van der Waals surface area contributed by atoms with Gasteiger partial charge in [-0.05, 0) is 31.0 Å². The average Bonchev–Trinajstić information content (AvgIpc) is 3.02. The van der Waals surface area contributed by atoms with Crippen LogP contribution in [0.2, 0.25) is 0 Å². The fourth-order valence-electron chi connectivity index (χ4n) is 2.60. The summed E-state index contributed by atoms with van der Waals surface area (Å²) in [6.07, 6.45) is -1.03. The van der Waals surface area contributed by atoms with E-state index < -0.39 is 11.7 Å². The van der Waals surface area contributed by atoms with Crippen LogP contribution in [0.5, 0.6) is 0 Å². The highest BCUT2D eigenvalue weighted by Crippen LogP contribution is 2.31. The average molecular weight is 353 g/mol. The maximum atomic E-state index is 12.8. The smallest absolute Gasteiger partial charge is 0.341 e. The minimum absolute atomic E-state index is 0.0395. The van der Waals surface area contributed by atoms with Crippen molar-refractivity contribution in [2.45, 2.75) is 39.4 Å². The number of hydrogen-bond donors (Lipinski definition) is 0. The van der Waals surface area contributed by atoms with Gasteiger partial charge in [-0.1, -0.05) is 26.0 Å². The van der Waals surface area contributed by atoms with E-state index in [4.69, 9.17) is 0 Å². The number of rotatable bonds is 7. The zero-order valence-electron chi connectivity index (χ0n) is 14.4. The second kappa shape index (κ2) is 8.18. The molecule has 4 nitrogen and oxygen atoms in total. The molecule has 25 heavy (non-hydrogen) atoms. The molecule has 0 saturated heterocycles. The van der Waals surface area contributed by atoms with Gasteiger partial charge in [-0.3, -0.25) is 9.48 Å². The number of hydrogen-bond acceptors (Lipinski definition) is 2. The summed E-state index contributed by atoms with van der Waals surface area (Å²) >= 11 is 0. The minimum Gasteiger partial charge on any atom is -0.341 e. The highest BCUT2D eigenvalue weighted by atomic mass is 19.4. The summed E-state index contributed by atoms with van der Waals surface area (Å²) in [5, 5.41) is 4.25. The van der Waals surface area contributed by atoms with Crippen molar-refractivity contribution in [3.05, 3.63) is 42.1 Å². The first-order chi connectivity index (χ1) is 11.8. The normalized spacial score (nSPS) is 11.6. The summed E-state index contributed by atoms with van der Waals surface area (Å²) in [5.41, 5.74) is 0.0733. The first-order valence-corrected chi connectivity index (χ1v) is 8.34. The molecule has 0 radical (unpaired) electrons. The summed E-state index contributed by atoms with van der Waals surface area (Å²) in [5.74, 6) is -0.0395. The molecule has 0 aliphatic heterocycles. The molecule has 7 heteroatoms. The lowest BCUT2D eigenvalue weighted by atomic mass is 10.1. The molecule has 1 aromatic heterocycles. The molecule has 1 heterocycles. The van der Waals surface area contributed by atoms with Gasteiger partial charge in [-0.2, -0.15) is 18.3 Å². The van der Waals surface area contributed by atoms with Crippen LogP contribution < -0.4 is 0 Å². The zero-order chi connectivity index (χ0) is 18.4. The van der Waals surface area contributed by atoms with E-state index in [1.165, 1.54) is 10.7 Å². The van der Waals surface area contributed by atoms with E-state index in [9.17, 15) is 18.0 Å². The minimum atomic E-state index is -4.39. The molecule has 0 fully saturated rings. The van der Waals surface area contributed by atoms with Gasteiger partial charge in [0.25, 0.3) is 0 Å². The van der Waals surface area contributed by atoms with E-state index in [-0.39, 0.29) is 12.5 Å². The second-order valence-corrected chi connectivity index (χ2v) is 5.86. The van der Waals surface area contributed by atoms with Crippen molar-refractivity contribution < 1.29 is 18.0 Å². The summed E-state index contributed by atoms with van der Waals surface area (Å²) in [7, 11) is 0. The van der Waals surface area contributed by atoms with Crippen LogP contribution >= 0.6 is 0 Å². The molecule has 0 N–H and O–H groups in total. The molecule has 2 rings (SSSR count). The highest BCUT2D eigenvalue weighted by molar-refractivity contribution is 5.76. The number of carbonyl (C=O) groups is 1. The molecule has 0 bridgehead atoms. The van der Waals surface area contributed by atoms with Gasteiger partial charge in [0.2, 0.25) is 5.91 Å². The van der Waals surface area contributed by atoms with Gasteiger partial charge in [0, 0.05) is 24.8 Å². The number of nitrogens with zero attached hydrogens (tertiary/aromatic N) is 3. The standard InChI is InChI=1S/C18H22F3N3O/c1-3-9-23(10-4-2)17(25)13-24-11-8-16(22-24)14-6-5-7-15(12-14)18(19,20)21/h5-8,11-12H,3-4,9-10,13H2,1-2H3. The van der Waals surface area contributed by atoms with Gasteiger partial charge in [0.05, 0.1) is 11.3 Å². The molecule has 0 spiro atoms. The maximum Gasteiger partial charge on any atom is 0.416 e. The Hall–Kier alpha value is -2.31. The summed E-state index contributed by atoms with van der Waals surface area (Å²) in [6, 6.07) is 6.63. The van der Waals surface area contributed by atoms with Crippen molar-refractivity contribution in [3.8, 4) is 11.3 Å². The second-order valence-electron chi connectivity index (χ2n) is 5.86. The summed E-state index contributed by atoms with van der Waals surface area (Å²) < 4.78 is 39.9. The molecule has 1 aromatic carbocycles. The Morgan fingerprint density at radius 1 is 1.16 bits per heavy atom. The molecule has 0 saturated carbocycles. The van der Waals surface area contributed by atoms with Crippen molar-refractivity contribution in [3.63, 3.8) is 0 Å². The van der Waals surface area contributed by atoms with Gasteiger partial charge < -0.3 is 4.90 Å². The predicted octanol–water partition coefficient (Wildman–Crippen LogP) is 4.22. The summed E-state index contributed by atoms with van der Waals surface area (Å²) in [6.45, 7) is 5.48. The number of amides is 1. The molecule has 2 aromatic rings. The van der Waals surface area contributed by atoms with Gasteiger partial charge in [-0.15, -0.1) is 0 Å². The fraction of sp³-hybridized carbons (Fsp3) is 0.444. The van der Waals surface area contributed by atoms with E-state index >= 15 is 0 Å². The highest BCUT2D eigenvalue weighted by Gasteiger charge is 2.30. The molecule has 0 unspecified atom stereocenters. The van der Waals surface area contributed by atoms with Crippen LogP contribution in [0, 0.1) is 0 Å². The lowest BCUT2D eigenvalue weighted by Gasteiger charge is -2.21. The quantitative estimate of drug-likeness (QED) is 0.748. The van der Waals surface area contributed by atoms with Crippen LogP contribution in [-0.2, 0) is 17.5 Å².